The van der Waals surface area contributed by atoms with Crippen LogP contribution in [-0.2, 0) is 24.2 Å². The van der Waals surface area contributed by atoms with Crippen LogP contribution in [0.25, 0.3) is 0 Å². The van der Waals surface area contributed by atoms with Crippen molar-refractivity contribution >= 4 is 11.6 Å². The molecule has 2 heterocycles. The molecule has 1 aliphatic carbocycles. The number of hydrogen-bond donors (Lipinski definition) is 5. The first-order valence-corrected chi connectivity index (χ1v) is 11.2. The summed E-state index contributed by atoms with van der Waals surface area (Å²) < 4.78 is 6.58. The highest BCUT2D eigenvalue weighted by Gasteiger charge is 2.33. The zero-order chi connectivity index (χ0) is 23.5. The smallest absolute Gasteiger partial charge is 0.240 e. The SMILES string of the molecule is COc1ccccc1N1CCN(CCNC(=O)Cn2c(O)c3c(c2O)CC(O)C(O)C3)CC1. The number of aromatic hydroxyl groups is 2. The average molecular weight is 461 g/mol. The largest absolute Gasteiger partial charge is 0.495 e. The van der Waals surface area contributed by atoms with Gasteiger partial charge in [0.2, 0.25) is 5.91 Å². The van der Waals surface area contributed by atoms with Crippen LogP contribution >= 0.6 is 0 Å². The third-order valence-corrected chi connectivity index (χ3v) is 6.54. The Hall–Kier alpha value is -2.95. The normalized spacial score (nSPS) is 21.0. The Bertz CT molecular complexity index is 952. The highest BCUT2D eigenvalue weighted by Crippen LogP contribution is 2.38. The van der Waals surface area contributed by atoms with Crippen LogP contribution in [0.4, 0.5) is 5.69 Å². The van der Waals surface area contributed by atoms with Gasteiger partial charge in [0, 0.05) is 63.2 Å². The molecule has 5 N–H and O–H groups in total. The first kappa shape index (κ1) is 23.2. The number of aromatic nitrogens is 1. The number of anilines is 1. The summed E-state index contributed by atoms with van der Waals surface area (Å²) >= 11 is 0. The molecule has 0 radical (unpaired) electrons. The molecule has 10 nitrogen and oxygen atoms in total. The predicted molar refractivity (Wildman–Crippen MR) is 122 cm³/mol. The van der Waals surface area contributed by atoms with Crippen LogP contribution in [0.5, 0.6) is 17.5 Å². The lowest BCUT2D eigenvalue weighted by molar-refractivity contribution is -0.121. The van der Waals surface area contributed by atoms with E-state index in [0.717, 1.165) is 42.2 Å². The predicted octanol–water partition coefficient (Wildman–Crippen LogP) is -0.333. The van der Waals surface area contributed by atoms with Crippen molar-refractivity contribution in [2.75, 3.05) is 51.3 Å². The Morgan fingerprint density at radius 3 is 2.24 bits per heavy atom. The molecule has 0 spiro atoms. The highest BCUT2D eigenvalue weighted by atomic mass is 16.5. The number of piperazine rings is 1. The third-order valence-electron chi connectivity index (χ3n) is 6.54. The van der Waals surface area contributed by atoms with Crippen molar-refractivity contribution < 1.29 is 30.0 Å². The number of amides is 1. The maximum atomic E-state index is 12.4. The number of fused-ring (bicyclic) bond motifs is 1. The van der Waals surface area contributed by atoms with E-state index in [2.05, 4.69) is 21.2 Å². The van der Waals surface area contributed by atoms with Gasteiger partial charge in [0.15, 0.2) is 11.8 Å². The van der Waals surface area contributed by atoms with E-state index in [0.29, 0.717) is 24.2 Å². The van der Waals surface area contributed by atoms with Gasteiger partial charge in [0.05, 0.1) is 25.0 Å². The molecule has 1 amide bonds. The minimum Gasteiger partial charge on any atom is -0.495 e. The van der Waals surface area contributed by atoms with Crippen molar-refractivity contribution in [2.24, 2.45) is 0 Å². The third kappa shape index (κ3) is 4.87. The number of rotatable bonds is 7. The molecule has 180 valence electrons. The quantitative estimate of drug-likeness (QED) is 0.380. The van der Waals surface area contributed by atoms with Gasteiger partial charge in [-0.05, 0) is 12.1 Å². The minimum absolute atomic E-state index is 0.0331. The first-order valence-electron chi connectivity index (χ1n) is 11.2. The molecular formula is C23H32N4O6. The Morgan fingerprint density at radius 1 is 1.03 bits per heavy atom. The monoisotopic (exact) mass is 460 g/mol. The second-order valence-electron chi connectivity index (χ2n) is 8.58. The second kappa shape index (κ2) is 9.90. The molecule has 33 heavy (non-hydrogen) atoms. The van der Waals surface area contributed by atoms with E-state index in [1.165, 1.54) is 0 Å². The molecule has 1 aromatic carbocycles. The van der Waals surface area contributed by atoms with E-state index in [1.54, 1.807) is 7.11 Å². The first-order chi connectivity index (χ1) is 15.9. The number of nitrogens with one attached hydrogen (secondary N) is 1. The lowest BCUT2D eigenvalue weighted by Crippen LogP contribution is -2.48. The van der Waals surface area contributed by atoms with Gasteiger partial charge in [0.1, 0.15) is 12.3 Å². The van der Waals surface area contributed by atoms with Crippen LogP contribution in [0.2, 0.25) is 0 Å². The van der Waals surface area contributed by atoms with Crippen molar-refractivity contribution in [1.29, 1.82) is 0 Å². The number of nitrogens with zero attached hydrogens (tertiary/aromatic N) is 3. The molecule has 1 aromatic heterocycles. The number of aliphatic hydroxyl groups excluding tert-OH is 2. The van der Waals surface area contributed by atoms with Crippen molar-refractivity contribution in [1.82, 2.24) is 14.8 Å². The lowest BCUT2D eigenvalue weighted by Gasteiger charge is -2.36. The van der Waals surface area contributed by atoms with E-state index < -0.39 is 12.2 Å². The maximum absolute atomic E-state index is 12.4. The molecule has 10 heteroatoms. The molecule has 2 aromatic rings. The number of carbonyl (C=O) groups is 1. The summed E-state index contributed by atoms with van der Waals surface area (Å²) in [6, 6.07) is 7.97. The van der Waals surface area contributed by atoms with Crippen molar-refractivity contribution in [3.05, 3.63) is 35.4 Å². The molecule has 2 aliphatic rings. The fraction of sp³-hybridized carbons (Fsp3) is 0.522. The molecule has 1 fully saturated rings. The molecular weight excluding hydrogens is 428 g/mol. The average Bonchev–Trinajstić information content (AvgIpc) is 3.04. The van der Waals surface area contributed by atoms with Gasteiger partial charge in [-0.2, -0.15) is 0 Å². The van der Waals surface area contributed by atoms with Crippen molar-refractivity contribution in [2.45, 2.75) is 31.6 Å². The number of aliphatic hydroxyl groups is 2. The molecule has 4 rings (SSSR count). The van der Waals surface area contributed by atoms with Crippen LogP contribution in [0.3, 0.4) is 0 Å². The number of benzene rings is 1. The fourth-order valence-electron chi connectivity index (χ4n) is 4.62. The molecule has 2 unspecified atom stereocenters. The fourth-order valence-corrected chi connectivity index (χ4v) is 4.62. The van der Waals surface area contributed by atoms with Gasteiger partial charge in [-0.15, -0.1) is 0 Å². The number of carbonyl (C=O) groups excluding carboxylic acids is 1. The van der Waals surface area contributed by atoms with Gasteiger partial charge in [-0.1, -0.05) is 12.1 Å². The summed E-state index contributed by atoms with van der Waals surface area (Å²) in [5.74, 6) is 0.0502. The minimum atomic E-state index is -1.00. The van der Waals surface area contributed by atoms with Crippen LogP contribution in [0, 0.1) is 0 Å². The summed E-state index contributed by atoms with van der Waals surface area (Å²) in [6.45, 7) is 4.37. The summed E-state index contributed by atoms with van der Waals surface area (Å²) in [5.41, 5.74) is 1.85. The van der Waals surface area contributed by atoms with Gasteiger partial charge >= 0.3 is 0 Å². The Kier molecular flexibility index (Phi) is 6.96. The summed E-state index contributed by atoms with van der Waals surface area (Å²) in [6.07, 6.45) is -1.94. The topological polar surface area (TPSA) is 131 Å². The standard InChI is InChI=1S/C23H32N4O6/c1-33-20-5-3-2-4-17(20)26-10-8-25(9-11-26)7-6-24-21(30)14-27-22(31)15-12-18(28)19(29)13-16(15)23(27)32/h2-5,18-19,28-29,31-32H,6-14H2,1H3,(H,24,30). The summed E-state index contributed by atoms with van der Waals surface area (Å²) in [7, 11) is 1.67. The molecule has 2 atom stereocenters. The molecule has 1 saturated heterocycles. The second-order valence-corrected chi connectivity index (χ2v) is 8.58. The Labute approximate surface area is 192 Å². The van der Waals surface area contributed by atoms with Gasteiger partial charge < -0.3 is 35.4 Å². The zero-order valence-electron chi connectivity index (χ0n) is 18.8. The van der Waals surface area contributed by atoms with Crippen LogP contribution in [0.15, 0.2) is 24.3 Å². The summed E-state index contributed by atoms with van der Waals surface area (Å²) in [4.78, 5) is 17.0. The van der Waals surface area contributed by atoms with Crippen LogP contribution in [-0.4, -0.2) is 94.4 Å². The summed E-state index contributed by atoms with van der Waals surface area (Å²) in [5, 5.41) is 43.3. The molecule has 1 aliphatic heterocycles. The highest BCUT2D eigenvalue weighted by molar-refractivity contribution is 5.76. The number of hydrogen-bond acceptors (Lipinski definition) is 8. The van der Waals surface area contributed by atoms with Crippen LogP contribution in [0.1, 0.15) is 11.1 Å². The molecule has 0 bridgehead atoms. The van der Waals surface area contributed by atoms with E-state index >= 15 is 0 Å². The van der Waals surface area contributed by atoms with Crippen LogP contribution < -0.4 is 15.0 Å². The van der Waals surface area contributed by atoms with E-state index in [9.17, 15) is 25.2 Å². The van der Waals surface area contributed by atoms with E-state index in [1.807, 2.05) is 18.2 Å². The van der Waals surface area contributed by atoms with Crippen molar-refractivity contribution in [3.63, 3.8) is 0 Å². The van der Waals surface area contributed by atoms with Gasteiger partial charge in [-0.3, -0.25) is 14.3 Å². The Morgan fingerprint density at radius 2 is 1.64 bits per heavy atom. The Balaban J connectivity index is 1.25. The van der Waals surface area contributed by atoms with Gasteiger partial charge in [0.25, 0.3) is 0 Å². The molecule has 0 saturated carbocycles. The zero-order valence-corrected chi connectivity index (χ0v) is 18.8. The number of para-hydroxylation sites is 2. The van der Waals surface area contributed by atoms with E-state index in [4.69, 9.17) is 4.74 Å². The lowest BCUT2D eigenvalue weighted by atomic mass is 9.90. The number of ether oxygens (including phenoxy) is 1. The van der Waals surface area contributed by atoms with E-state index in [-0.39, 0.29) is 37.1 Å². The maximum Gasteiger partial charge on any atom is 0.240 e. The van der Waals surface area contributed by atoms with Gasteiger partial charge in [-0.25, -0.2) is 0 Å². The van der Waals surface area contributed by atoms with Crippen molar-refractivity contribution in [3.8, 4) is 17.5 Å². The number of methoxy groups -OCH3 is 1.